The molecule has 0 aliphatic rings. The lowest BCUT2D eigenvalue weighted by molar-refractivity contribution is 0.427. The van der Waals surface area contributed by atoms with E-state index in [1.807, 2.05) is 12.1 Å². The minimum absolute atomic E-state index is 0.168. The van der Waals surface area contributed by atoms with Crippen LogP contribution in [0.2, 0.25) is 0 Å². The van der Waals surface area contributed by atoms with E-state index in [2.05, 4.69) is 26.1 Å². The van der Waals surface area contributed by atoms with Gasteiger partial charge in [-0.05, 0) is 63.8 Å². The SMILES string of the molecule is CC(C)(C)NCCCSc1ccc(S(C)(=O)=O)cc1. The Morgan fingerprint density at radius 1 is 1.16 bits per heavy atom. The Hall–Kier alpha value is -0.520. The third-order valence-corrected chi connectivity index (χ3v) is 4.72. The Morgan fingerprint density at radius 2 is 1.74 bits per heavy atom. The Bertz CT molecular complexity index is 487. The van der Waals surface area contributed by atoms with Crippen LogP contribution in [0.1, 0.15) is 27.2 Å². The highest BCUT2D eigenvalue weighted by molar-refractivity contribution is 7.99. The molecule has 0 unspecified atom stereocenters. The maximum atomic E-state index is 11.3. The summed E-state index contributed by atoms with van der Waals surface area (Å²) < 4.78 is 22.6. The highest BCUT2D eigenvalue weighted by Gasteiger charge is 2.08. The van der Waals surface area contributed by atoms with Crippen molar-refractivity contribution in [3.63, 3.8) is 0 Å². The third-order valence-electron chi connectivity index (χ3n) is 2.50. The first-order chi connectivity index (χ1) is 8.68. The van der Waals surface area contributed by atoms with Crippen molar-refractivity contribution < 1.29 is 8.42 Å². The minimum Gasteiger partial charge on any atom is -0.312 e. The van der Waals surface area contributed by atoms with Crippen molar-refractivity contribution >= 4 is 21.6 Å². The van der Waals surface area contributed by atoms with Crippen molar-refractivity contribution in [1.29, 1.82) is 0 Å². The van der Waals surface area contributed by atoms with E-state index < -0.39 is 9.84 Å². The highest BCUT2D eigenvalue weighted by atomic mass is 32.2. The average Bonchev–Trinajstić information content (AvgIpc) is 2.26. The summed E-state index contributed by atoms with van der Waals surface area (Å²) in [5.41, 5.74) is 0.168. The zero-order valence-corrected chi connectivity index (χ0v) is 13.7. The van der Waals surface area contributed by atoms with Gasteiger partial charge in [-0.2, -0.15) is 0 Å². The first-order valence-corrected chi connectivity index (χ1v) is 9.24. The normalized spacial score (nSPS) is 12.6. The molecule has 0 heterocycles. The number of rotatable bonds is 6. The van der Waals surface area contributed by atoms with Gasteiger partial charge < -0.3 is 5.32 Å². The van der Waals surface area contributed by atoms with Crippen LogP contribution in [0.25, 0.3) is 0 Å². The van der Waals surface area contributed by atoms with Gasteiger partial charge in [0.1, 0.15) is 0 Å². The number of nitrogens with one attached hydrogen (secondary N) is 1. The van der Waals surface area contributed by atoms with Gasteiger partial charge in [0.25, 0.3) is 0 Å². The molecule has 0 aliphatic heterocycles. The van der Waals surface area contributed by atoms with Gasteiger partial charge in [0.2, 0.25) is 0 Å². The van der Waals surface area contributed by atoms with Gasteiger partial charge in [0, 0.05) is 16.7 Å². The molecule has 5 heteroatoms. The van der Waals surface area contributed by atoms with Gasteiger partial charge in [0.05, 0.1) is 4.90 Å². The second kappa shape index (κ2) is 6.77. The minimum atomic E-state index is -3.08. The zero-order valence-electron chi connectivity index (χ0n) is 12.1. The summed E-state index contributed by atoms with van der Waals surface area (Å²) in [7, 11) is -3.08. The third kappa shape index (κ3) is 6.99. The van der Waals surface area contributed by atoms with Gasteiger partial charge in [-0.1, -0.05) is 0 Å². The summed E-state index contributed by atoms with van der Waals surface area (Å²) >= 11 is 1.76. The molecular weight excluding hydrogens is 278 g/mol. The van der Waals surface area contributed by atoms with Crippen molar-refractivity contribution in [1.82, 2.24) is 5.32 Å². The molecule has 1 aromatic carbocycles. The predicted molar refractivity (Wildman–Crippen MR) is 82.6 cm³/mol. The van der Waals surface area contributed by atoms with Crippen LogP contribution in [0.4, 0.5) is 0 Å². The molecule has 0 atom stereocenters. The molecule has 3 nitrogen and oxygen atoms in total. The van der Waals surface area contributed by atoms with Crippen LogP contribution < -0.4 is 5.32 Å². The summed E-state index contributed by atoms with van der Waals surface area (Å²) in [6.45, 7) is 7.47. The highest BCUT2D eigenvalue weighted by Crippen LogP contribution is 2.20. The lowest BCUT2D eigenvalue weighted by Crippen LogP contribution is -2.36. The summed E-state index contributed by atoms with van der Waals surface area (Å²) in [6.07, 6.45) is 2.32. The summed E-state index contributed by atoms with van der Waals surface area (Å²) in [6, 6.07) is 7.09. The second-order valence-corrected chi connectivity index (χ2v) is 8.81. The number of thioether (sulfide) groups is 1. The molecule has 0 bridgehead atoms. The standard InChI is InChI=1S/C14H23NO2S2/c1-14(2,3)15-10-5-11-18-12-6-8-13(9-7-12)19(4,16)17/h6-9,15H,5,10-11H2,1-4H3. The first-order valence-electron chi connectivity index (χ1n) is 6.36. The molecule has 0 saturated carbocycles. The van der Waals surface area contributed by atoms with Crippen molar-refractivity contribution in [2.75, 3.05) is 18.6 Å². The number of sulfone groups is 1. The molecule has 0 saturated heterocycles. The van der Waals surface area contributed by atoms with E-state index in [0.29, 0.717) is 4.90 Å². The maximum Gasteiger partial charge on any atom is 0.175 e. The molecule has 19 heavy (non-hydrogen) atoms. The molecule has 1 rings (SSSR count). The van der Waals surface area contributed by atoms with Crippen molar-refractivity contribution in [2.24, 2.45) is 0 Å². The van der Waals surface area contributed by atoms with Crippen LogP contribution in [0.5, 0.6) is 0 Å². The van der Waals surface area contributed by atoms with Gasteiger partial charge in [0.15, 0.2) is 9.84 Å². The average molecular weight is 301 g/mol. The van der Waals surface area contributed by atoms with E-state index in [0.717, 1.165) is 23.6 Å². The topological polar surface area (TPSA) is 46.2 Å². The lowest BCUT2D eigenvalue weighted by Gasteiger charge is -2.20. The summed E-state index contributed by atoms with van der Waals surface area (Å²) in [5, 5.41) is 3.44. The van der Waals surface area contributed by atoms with E-state index in [4.69, 9.17) is 0 Å². The number of benzene rings is 1. The maximum absolute atomic E-state index is 11.3. The molecule has 0 amide bonds. The Morgan fingerprint density at radius 3 is 2.21 bits per heavy atom. The fourth-order valence-electron chi connectivity index (χ4n) is 1.51. The lowest BCUT2D eigenvalue weighted by atomic mass is 10.1. The molecule has 0 spiro atoms. The van der Waals surface area contributed by atoms with E-state index in [-0.39, 0.29) is 5.54 Å². The number of hydrogen-bond acceptors (Lipinski definition) is 4. The molecule has 1 N–H and O–H groups in total. The van der Waals surface area contributed by atoms with Crippen LogP contribution in [0, 0.1) is 0 Å². The molecule has 0 aromatic heterocycles. The Labute approximate surface area is 121 Å². The molecular formula is C14H23NO2S2. The van der Waals surface area contributed by atoms with E-state index >= 15 is 0 Å². The molecule has 0 fully saturated rings. The molecule has 1 aromatic rings. The van der Waals surface area contributed by atoms with Crippen LogP contribution in [0.15, 0.2) is 34.1 Å². The van der Waals surface area contributed by atoms with Gasteiger partial charge >= 0.3 is 0 Å². The van der Waals surface area contributed by atoms with E-state index in [1.54, 1.807) is 23.9 Å². The van der Waals surface area contributed by atoms with Crippen molar-refractivity contribution in [3.05, 3.63) is 24.3 Å². The van der Waals surface area contributed by atoms with Crippen molar-refractivity contribution in [3.8, 4) is 0 Å². The smallest absolute Gasteiger partial charge is 0.175 e. The predicted octanol–water partition coefficient (Wildman–Crippen LogP) is 2.96. The van der Waals surface area contributed by atoms with Crippen LogP contribution in [-0.2, 0) is 9.84 Å². The summed E-state index contributed by atoms with van der Waals surface area (Å²) in [5.74, 6) is 1.03. The van der Waals surface area contributed by atoms with Gasteiger partial charge in [-0.3, -0.25) is 0 Å². The Kier molecular flexibility index (Phi) is 5.89. The molecule has 108 valence electrons. The molecule has 0 radical (unpaired) electrons. The quantitative estimate of drug-likeness (QED) is 0.648. The van der Waals surface area contributed by atoms with Gasteiger partial charge in [-0.25, -0.2) is 8.42 Å². The largest absolute Gasteiger partial charge is 0.312 e. The van der Waals surface area contributed by atoms with Crippen molar-refractivity contribution in [2.45, 2.75) is 42.5 Å². The fraction of sp³-hybridized carbons (Fsp3) is 0.571. The first kappa shape index (κ1) is 16.5. The summed E-state index contributed by atoms with van der Waals surface area (Å²) in [4.78, 5) is 1.49. The monoisotopic (exact) mass is 301 g/mol. The zero-order chi connectivity index (χ0) is 14.5. The van der Waals surface area contributed by atoms with E-state index in [1.165, 1.54) is 6.26 Å². The van der Waals surface area contributed by atoms with Crippen LogP contribution in [-0.4, -0.2) is 32.5 Å². The van der Waals surface area contributed by atoms with Gasteiger partial charge in [-0.15, -0.1) is 11.8 Å². The number of hydrogen-bond donors (Lipinski definition) is 1. The van der Waals surface area contributed by atoms with Crippen LogP contribution >= 0.6 is 11.8 Å². The molecule has 0 aliphatic carbocycles. The van der Waals surface area contributed by atoms with E-state index in [9.17, 15) is 8.42 Å². The Balaban J connectivity index is 2.35. The second-order valence-electron chi connectivity index (χ2n) is 5.62. The van der Waals surface area contributed by atoms with Crippen LogP contribution in [0.3, 0.4) is 0 Å². The fourth-order valence-corrected chi connectivity index (χ4v) is 2.99.